The van der Waals surface area contributed by atoms with Gasteiger partial charge in [0.25, 0.3) is 0 Å². The van der Waals surface area contributed by atoms with E-state index in [-0.39, 0.29) is 0 Å². The Morgan fingerprint density at radius 1 is 1.35 bits per heavy atom. The van der Waals surface area contributed by atoms with Gasteiger partial charge < -0.3 is 11.1 Å². The number of nitrogens with zero attached hydrogens (tertiary/aromatic N) is 2. The predicted octanol–water partition coefficient (Wildman–Crippen LogP) is 3.83. The number of thioether (sulfide) groups is 1. The second-order valence-corrected chi connectivity index (χ2v) is 7.46. The molecule has 0 spiro atoms. The van der Waals surface area contributed by atoms with Crippen LogP contribution in [0.3, 0.4) is 0 Å². The van der Waals surface area contributed by atoms with E-state index in [2.05, 4.69) is 30.5 Å². The van der Waals surface area contributed by atoms with Gasteiger partial charge in [0.15, 0.2) is 0 Å². The Balaban J connectivity index is 2.13. The van der Waals surface area contributed by atoms with Crippen LogP contribution < -0.4 is 11.1 Å². The molecule has 0 radical (unpaired) electrons. The van der Waals surface area contributed by atoms with E-state index in [1.165, 1.54) is 32.1 Å². The molecule has 5 heteroatoms. The lowest BCUT2D eigenvalue weighted by Crippen LogP contribution is -2.36. The smallest absolute Gasteiger partial charge is 0.148 e. The Kier molecular flexibility index (Phi) is 4.89. The fourth-order valence-corrected chi connectivity index (χ4v) is 3.92. The maximum atomic E-state index is 6.19. The first-order valence-corrected chi connectivity index (χ1v) is 8.85. The molecule has 114 valence electrons. The normalized spacial score (nSPS) is 18.4. The molecule has 0 unspecified atom stereocenters. The maximum absolute atomic E-state index is 6.19. The predicted molar refractivity (Wildman–Crippen MR) is 89.6 cm³/mol. The largest absolute Gasteiger partial charge is 0.394 e. The van der Waals surface area contributed by atoms with Crippen LogP contribution in [0, 0.1) is 6.92 Å². The van der Waals surface area contributed by atoms with Crippen molar-refractivity contribution in [3.05, 3.63) is 5.69 Å². The monoisotopic (exact) mass is 296 g/mol. The first-order chi connectivity index (χ1) is 9.49. The first-order valence-electron chi connectivity index (χ1n) is 7.63. The third kappa shape index (κ3) is 3.08. The van der Waals surface area contributed by atoms with Gasteiger partial charge in [0.05, 0.1) is 11.4 Å². The molecule has 2 rings (SSSR count). The quantitative estimate of drug-likeness (QED) is 0.867. The fraction of sp³-hybridized carbons (Fsp3) is 0.800. The summed E-state index contributed by atoms with van der Waals surface area (Å²) in [7, 11) is 0. The average Bonchev–Trinajstić information content (AvgIpc) is 2.74. The SMILES string of the molecule is CSC1(CNc2c(N)c(C)nn2C(C)C)CCCCC1. The third-order valence-electron chi connectivity index (χ3n) is 4.40. The van der Waals surface area contributed by atoms with Crippen molar-refractivity contribution in [2.24, 2.45) is 0 Å². The Morgan fingerprint density at radius 2 is 2.00 bits per heavy atom. The summed E-state index contributed by atoms with van der Waals surface area (Å²) < 4.78 is 2.38. The molecule has 3 N–H and O–H groups in total. The number of anilines is 2. The summed E-state index contributed by atoms with van der Waals surface area (Å²) in [6, 6.07) is 0.324. The Bertz CT molecular complexity index is 447. The summed E-state index contributed by atoms with van der Waals surface area (Å²) in [4.78, 5) is 0. The van der Waals surface area contributed by atoms with Crippen molar-refractivity contribution < 1.29 is 0 Å². The van der Waals surface area contributed by atoms with Crippen LogP contribution in [0.4, 0.5) is 11.5 Å². The van der Waals surface area contributed by atoms with Gasteiger partial charge in [-0.1, -0.05) is 19.3 Å². The van der Waals surface area contributed by atoms with Gasteiger partial charge in [-0.2, -0.15) is 16.9 Å². The van der Waals surface area contributed by atoms with Gasteiger partial charge >= 0.3 is 0 Å². The van der Waals surface area contributed by atoms with E-state index in [0.29, 0.717) is 10.8 Å². The van der Waals surface area contributed by atoms with Crippen LogP contribution in [-0.2, 0) is 0 Å². The zero-order chi connectivity index (χ0) is 14.8. The van der Waals surface area contributed by atoms with E-state index < -0.39 is 0 Å². The molecule has 1 aromatic rings. The number of aryl methyl sites for hydroxylation is 1. The number of hydrogen-bond donors (Lipinski definition) is 2. The number of nitrogen functional groups attached to an aromatic ring is 1. The van der Waals surface area contributed by atoms with Gasteiger partial charge in [0.2, 0.25) is 0 Å². The van der Waals surface area contributed by atoms with E-state index in [4.69, 9.17) is 5.73 Å². The second kappa shape index (κ2) is 6.29. The highest BCUT2D eigenvalue weighted by Gasteiger charge is 2.31. The topological polar surface area (TPSA) is 55.9 Å². The minimum atomic E-state index is 0.324. The lowest BCUT2D eigenvalue weighted by Gasteiger charge is -2.36. The molecule has 1 aliphatic carbocycles. The van der Waals surface area contributed by atoms with Gasteiger partial charge in [-0.15, -0.1) is 0 Å². The van der Waals surface area contributed by atoms with Crippen LogP contribution in [-0.4, -0.2) is 27.3 Å². The molecular weight excluding hydrogens is 268 g/mol. The van der Waals surface area contributed by atoms with Crippen LogP contribution in [0.15, 0.2) is 0 Å². The average molecular weight is 296 g/mol. The fourth-order valence-electron chi connectivity index (χ4n) is 3.00. The van der Waals surface area contributed by atoms with E-state index >= 15 is 0 Å². The summed E-state index contributed by atoms with van der Waals surface area (Å²) >= 11 is 2.01. The summed E-state index contributed by atoms with van der Waals surface area (Å²) in [6.07, 6.45) is 8.92. The molecule has 1 aromatic heterocycles. The number of rotatable bonds is 5. The molecule has 0 saturated heterocycles. The molecule has 0 atom stereocenters. The van der Waals surface area contributed by atoms with Gasteiger partial charge in [-0.3, -0.25) is 0 Å². The summed E-state index contributed by atoms with van der Waals surface area (Å²) in [6.45, 7) is 7.24. The van der Waals surface area contributed by atoms with Crippen LogP contribution in [0.1, 0.15) is 57.7 Å². The van der Waals surface area contributed by atoms with E-state index in [0.717, 1.165) is 23.7 Å². The summed E-state index contributed by atoms with van der Waals surface area (Å²) in [5, 5.41) is 8.14. The number of nitrogens with one attached hydrogen (secondary N) is 1. The molecule has 0 amide bonds. The molecule has 1 aliphatic rings. The number of nitrogens with two attached hydrogens (primary N) is 1. The molecule has 0 bridgehead atoms. The highest BCUT2D eigenvalue weighted by atomic mass is 32.2. The van der Waals surface area contributed by atoms with E-state index in [1.807, 2.05) is 23.4 Å². The number of aromatic nitrogens is 2. The minimum Gasteiger partial charge on any atom is -0.394 e. The lowest BCUT2D eigenvalue weighted by atomic mass is 9.88. The number of hydrogen-bond acceptors (Lipinski definition) is 4. The molecule has 1 heterocycles. The third-order valence-corrected chi connectivity index (χ3v) is 5.82. The van der Waals surface area contributed by atoms with Crippen molar-refractivity contribution >= 4 is 23.3 Å². The molecular formula is C15H28N4S. The first kappa shape index (κ1) is 15.5. The Labute approximate surface area is 126 Å². The van der Waals surface area contributed by atoms with Crippen molar-refractivity contribution in [2.75, 3.05) is 23.9 Å². The van der Waals surface area contributed by atoms with Gasteiger partial charge in [0.1, 0.15) is 5.82 Å². The Morgan fingerprint density at radius 3 is 2.55 bits per heavy atom. The molecule has 0 aliphatic heterocycles. The van der Waals surface area contributed by atoms with E-state index in [9.17, 15) is 0 Å². The van der Waals surface area contributed by atoms with Crippen molar-refractivity contribution in [3.63, 3.8) is 0 Å². The molecule has 20 heavy (non-hydrogen) atoms. The Hall–Kier alpha value is -0.840. The minimum absolute atomic E-state index is 0.324. The second-order valence-electron chi connectivity index (χ2n) is 6.19. The summed E-state index contributed by atoms with van der Waals surface area (Å²) in [5.74, 6) is 0.997. The highest BCUT2D eigenvalue weighted by molar-refractivity contribution is 8.00. The van der Waals surface area contributed by atoms with Crippen molar-refractivity contribution in [2.45, 2.75) is 63.7 Å². The van der Waals surface area contributed by atoms with Crippen LogP contribution in [0.5, 0.6) is 0 Å². The van der Waals surface area contributed by atoms with Gasteiger partial charge in [-0.05, 0) is 39.9 Å². The molecule has 1 fully saturated rings. The van der Waals surface area contributed by atoms with Crippen molar-refractivity contribution in [1.29, 1.82) is 0 Å². The van der Waals surface area contributed by atoms with E-state index in [1.54, 1.807) is 0 Å². The standard InChI is InChI=1S/C15H28N4S/c1-11(2)19-14(13(16)12(3)18-19)17-10-15(20-4)8-6-5-7-9-15/h11,17H,5-10,16H2,1-4H3. The molecule has 1 saturated carbocycles. The van der Waals surface area contributed by atoms with Crippen molar-refractivity contribution in [3.8, 4) is 0 Å². The lowest BCUT2D eigenvalue weighted by molar-refractivity contribution is 0.410. The molecule has 4 nitrogen and oxygen atoms in total. The van der Waals surface area contributed by atoms with Crippen LogP contribution >= 0.6 is 11.8 Å². The highest BCUT2D eigenvalue weighted by Crippen LogP contribution is 2.39. The zero-order valence-corrected chi connectivity index (χ0v) is 14.0. The van der Waals surface area contributed by atoms with Crippen LogP contribution in [0.25, 0.3) is 0 Å². The van der Waals surface area contributed by atoms with Gasteiger partial charge in [-0.25, -0.2) is 4.68 Å². The van der Waals surface area contributed by atoms with Crippen LogP contribution in [0.2, 0.25) is 0 Å². The summed E-state index contributed by atoms with van der Waals surface area (Å²) in [5.41, 5.74) is 7.91. The molecule has 0 aromatic carbocycles. The van der Waals surface area contributed by atoms with Crippen molar-refractivity contribution in [1.82, 2.24) is 9.78 Å². The van der Waals surface area contributed by atoms with Gasteiger partial charge in [0, 0.05) is 17.3 Å². The zero-order valence-electron chi connectivity index (χ0n) is 13.2. The maximum Gasteiger partial charge on any atom is 0.148 e.